The summed E-state index contributed by atoms with van der Waals surface area (Å²) in [6, 6.07) is 0. The van der Waals surface area contributed by atoms with E-state index in [2.05, 4.69) is 4.90 Å². The van der Waals surface area contributed by atoms with Crippen molar-refractivity contribution in [2.24, 2.45) is 0 Å². The molecule has 0 radical (unpaired) electrons. The highest BCUT2D eigenvalue weighted by atomic mass is 28.4. The zero-order valence-corrected chi connectivity index (χ0v) is 13.2. The fourth-order valence-corrected chi connectivity index (χ4v) is 3.19. The quantitative estimate of drug-likeness (QED) is 0.654. The van der Waals surface area contributed by atoms with Gasteiger partial charge in [0.15, 0.2) is 0 Å². The van der Waals surface area contributed by atoms with Crippen LogP contribution < -0.4 is 0 Å². The van der Waals surface area contributed by atoms with Crippen molar-refractivity contribution in [2.45, 2.75) is 6.55 Å². The average Bonchev–Trinajstić information content (AvgIpc) is 2.46. The van der Waals surface area contributed by atoms with E-state index in [9.17, 15) is 4.79 Å². The van der Waals surface area contributed by atoms with Gasteiger partial charge in [0, 0.05) is 27.3 Å². The summed E-state index contributed by atoms with van der Waals surface area (Å²) in [5, 5.41) is 0. The monoisotopic (exact) mass is 292 g/mol. The first-order valence-electron chi connectivity index (χ1n) is 6.28. The molecule has 1 amide bonds. The summed E-state index contributed by atoms with van der Waals surface area (Å²) in [5.41, 5.74) is 0. The third-order valence-corrected chi connectivity index (χ3v) is 5.93. The summed E-state index contributed by atoms with van der Waals surface area (Å²) in [4.78, 5) is 15.6. The molecule has 8 heteroatoms. The Balaban J connectivity index is 2.63. The summed E-state index contributed by atoms with van der Waals surface area (Å²) >= 11 is 0. The van der Waals surface area contributed by atoms with Gasteiger partial charge in [-0.15, -0.1) is 0 Å². The number of amides is 1. The van der Waals surface area contributed by atoms with Gasteiger partial charge in [-0.2, -0.15) is 0 Å². The standard InChI is InChI=1S/C11H24N2O5Si/c1-15-11(14)13(10-19(4,16-2)17-3)9-12-5-7-18-8-6-12/h5-10H2,1-4H3. The highest BCUT2D eigenvalue weighted by molar-refractivity contribution is 6.66. The van der Waals surface area contributed by atoms with Crippen molar-refractivity contribution >= 4 is 14.7 Å². The highest BCUT2D eigenvalue weighted by Gasteiger charge is 2.35. The van der Waals surface area contributed by atoms with Crippen molar-refractivity contribution in [1.29, 1.82) is 0 Å². The van der Waals surface area contributed by atoms with Gasteiger partial charge in [-0.25, -0.2) is 4.79 Å². The van der Waals surface area contributed by atoms with Crippen LogP contribution in [0.5, 0.6) is 0 Å². The van der Waals surface area contributed by atoms with E-state index in [1.165, 1.54) is 7.11 Å². The van der Waals surface area contributed by atoms with Crippen molar-refractivity contribution in [1.82, 2.24) is 9.80 Å². The summed E-state index contributed by atoms with van der Waals surface area (Å²) in [7, 11) is 2.25. The van der Waals surface area contributed by atoms with Crippen LogP contribution in [0.1, 0.15) is 0 Å². The molecule has 0 saturated carbocycles. The molecular formula is C11H24N2O5Si. The topological polar surface area (TPSA) is 60.5 Å². The largest absolute Gasteiger partial charge is 0.453 e. The van der Waals surface area contributed by atoms with Crippen LogP contribution in [0, 0.1) is 0 Å². The molecule has 1 fully saturated rings. The Kier molecular flexibility index (Phi) is 6.73. The Morgan fingerprint density at radius 2 is 1.84 bits per heavy atom. The lowest BCUT2D eigenvalue weighted by atomic mass is 10.4. The molecule has 0 aromatic heterocycles. The number of morpholine rings is 1. The predicted molar refractivity (Wildman–Crippen MR) is 72.0 cm³/mol. The average molecular weight is 292 g/mol. The second-order valence-electron chi connectivity index (χ2n) is 4.58. The summed E-state index contributed by atoms with van der Waals surface area (Å²) in [6.45, 7) is 5.43. The fraction of sp³-hybridized carbons (Fsp3) is 0.909. The van der Waals surface area contributed by atoms with Crippen molar-refractivity contribution in [3.05, 3.63) is 0 Å². The molecule has 1 rings (SSSR count). The van der Waals surface area contributed by atoms with Crippen molar-refractivity contribution < 1.29 is 23.1 Å². The van der Waals surface area contributed by atoms with Gasteiger partial charge in [0.1, 0.15) is 0 Å². The van der Waals surface area contributed by atoms with Crippen LogP contribution in [0.4, 0.5) is 4.79 Å². The van der Waals surface area contributed by atoms with Crippen molar-refractivity contribution in [2.75, 3.05) is 60.5 Å². The first-order valence-corrected chi connectivity index (χ1v) is 8.80. The Labute approximate surface area is 115 Å². The van der Waals surface area contributed by atoms with E-state index in [4.69, 9.17) is 18.3 Å². The molecule has 0 bridgehead atoms. The normalized spacial score (nSPS) is 17.3. The van der Waals surface area contributed by atoms with Gasteiger partial charge in [0.05, 0.1) is 33.2 Å². The van der Waals surface area contributed by atoms with Gasteiger partial charge in [-0.1, -0.05) is 0 Å². The fourth-order valence-electron chi connectivity index (χ4n) is 1.84. The third kappa shape index (κ3) is 5.07. The molecule has 19 heavy (non-hydrogen) atoms. The summed E-state index contributed by atoms with van der Waals surface area (Å²) < 4.78 is 21.0. The van der Waals surface area contributed by atoms with Gasteiger partial charge in [0.25, 0.3) is 0 Å². The van der Waals surface area contributed by atoms with Crippen molar-refractivity contribution in [3.63, 3.8) is 0 Å². The molecule has 0 atom stereocenters. The molecule has 1 heterocycles. The molecule has 1 aliphatic heterocycles. The number of hydrogen-bond acceptors (Lipinski definition) is 6. The molecule has 0 unspecified atom stereocenters. The lowest BCUT2D eigenvalue weighted by molar-refractivity contribution is 0.0109. The Morgan fingerprint density at radius 3 is 2.32 bits per heavy atom. The third-order valence-electron chi connectivity index (χ3n) is 3.25. The molecular weight excluding hydrogens is 268 g/mol. The maximum Gasteiger partial charge on any atom is 0.410 e. The molecule has 0 aliphatic carbocycles. The summed E-state index contributed by atoms with van der Waals surface area (Å²) in [6.07, 6.45) is 0.0728. The molecule has 7 nitrogen and oxygen atoms in total. The number of hydrogen-bond donors (Lipinski definition) is 0. The van der Waals surface area contributed by atoms with Crippen LogP contribution in [-0.4, -0.2) is 84.9 Å². The van der Waals surface area contributed by atoms with Gasteiger partial charge < -0.3 is 18.3 Å². The molecule has 112 valence electrons. The molecule has 0 aromatic carbocycles. The molecule has 1 aliphatic rings. The van der Waals surface area contributed by atoms with E-state index >= 15 is 0 Å². The van der Waals surface area contributed by atoms with Gasteiger partial charge in [-0.05, 0) is 6.55 Å². The maximum atomic E-state index is 11.9. The van der Waals surface area contributed by atoms with E-state index in [0.717, 1.165) is 13.1 Å². The smallest absolute Gasteiger partial charge is 0.410 e. The van der Waals surface area contributed by atoms with Crippen LogP contribution in [-0.2, 0) is 18.3 Å². The van der Waals surface area contributed by atoms with Gasteiger partial charge >= 0.3 is 14.7 Å². The Hall–Kier alpha value is -0.673. The van der Waals surface area contributed by atoms with E-state index in [-0.39, 0.29) is 6.09 Å². The SMILES string of the molecule is COC(=O)N(CN1CCOCC1)C[Si](C)(OC)OC. The van der Waals surface area contributed by atoms with Crippen LogP contribution in [0.15, 0.2) is 0 Å². The molecule has 0 aromatic rings. The van der Waals surface area contributed by atoms with Gasteiger partial charge in [-0.3, -0.25) is 9.80 Å². The number of methoxy groups -OCH3 is 1. The Bertz CT molecular complexity index is 282. The van der Waals surface area contributed by atoms with Crippen LogP contribution >= 0.6 is 0 Å². The lowest BCUT2D eigenvalue weighted by Crippen LogP contribution is -2.54. The number of ether oxygens (including phenoxy) is 2. The minimum Gasteiger partial charge on any atom is -0.453 e. The zero-order chi connectivity index (χ0) is 14.3. The van der Waals surface area contributed by atoms with E-state index in [0.29, 0.717) is 26.1 Å². The highest BCUT2D eigenvalue weighted by Crippen LogP contribution is 2.10. The van der Waals surface area contributed by atoms with Crippen molar-refractivity contribution in [3.8, 4) is 0 Å². The maximum absolute atomic E-state index is 11.9. The Morgan fingerprint density at radius 1 is 1.26 bits per heavy atom. The predicted octanol–water partition coefficient (Wildman–Crippen LogP) is 0.249. The number of rotatable bonds is 6. The van der Waals surface area contributed by atoms with E-state index in [1.807, 2.05) is 6.55 Å². The molecule has 0 spiro atoms. The minimum atomic E-state index is -2.36. The van der Waals surface area contributed by atoms with E-state index in [1.54, 1.807) is 19.1 Å². The van der Waals surface area contributed by atoms with E-state index < -0.39 is 8.56 Å². The summed E-state index contributed by atoms with van der Waals surface area (Å²) in [5.74, 6) is 0. The van der Waals surface area contributed by atoms with Crippen LogP contribution in [0.2, 0.25) is 6.55 Å². The number of carbonyl (C=O) groups excluding carboxylic acids is 1. The lowest BCUT2D eigenvalue weighted by Gasteiger charge is -2.35. The van der Waals surface area contributed by atoms with Gasteiger partial charge in [0.2, 0.25) is 0 Å². The molecule has 0 N–H and O–H groups in total. The van der Waals surface area contributed by atoms with Crippen LogP contribution in [0.25, 0.3) is 0 Å². The second-order valence-corrected chi connectivity index (χ2v) is 7.98. The zero-order valence-electron chi connectivity index (χ0n) is 12.2. The first-order chi connectivity index (χ1) is 9.04. The second kappa shape index (κ2) is 7.80. The first kappa shape index (κ1) is 16.4. The number of nitrogens with zero attached hydrogens (tertiary/aromatic N) is 2. The van der Waals surface area contributed by atoms with Crippen LogP contribution in [0.3, 0.4) is 0 Å². The molecule has 1 saturated heterocycles. The minimum absolute atomic E-state index is 0.362. The number of carbonyl (C=O) groups is 1.